The Bertz CT molecular complexity index is 1970. The van der Waals surface area contributed by atoms with Crippen LogP contribution in [0, 0.1) is 13.8 Å². The molecule has 0 radical (unpaired) electrons. The Morgan fingerprint density at radius 2 is 1.97 bits per heavy atom. The number of aryl methyl sites for hydroxylation is 3. The molecule has 0 amide bonds. The minimum atomic E-state index is -3.19. The summed E-state index contributed by atoms with van der Waals surface area (Å²) >= 11 is 0. The zero-order chi connectivity index (χ0) is 32.2. The summed E-state index contributed by atoms with van der Waals surface area (Å²) in [7, 11) is 1.79. The van der Waals surface area contributed by atoms with E-state index in [-0.39, 0.29) is 22.5 Å². The molecule has 1 atom stereocenters. The number of nitrogens with zero attached hydrogens (tertiary/aromatic N) is 2. The molecule has 0 spiro atoms. The molecule has 0 aliphatic heterocycles. The Morgan fingerprint density at radius 3 is 2.82 bits per heavy atom. The Kier molecular flexibility index (Phi) is 2.47. The topological polar surface area (TPSA) is 29.9 Å². The number of furan rings is 1. The smallest absolute Gasteiger partial charge is 0.227 e. The summed E-state index contributed by atoms with van der Waals surface area (Å²) in [5, 5.41) is 1.24. The van der Waals surface area contributed by atoms with E-state index >= 15 is 0 Å². The SMILES string of the molecule is [2H]C([2H])([2H])CC1(C([2H])([2H])C([2H])([2H])[2H])c2ccccc2-c2cc3c(nc21)oc1c(-c2cc(C([2H])([2H])[2H])cc[n+]2C)c(C)ccc13. The second-order valence-electron chi connectivity index (χ2n) is 8.64. The van der Waals surface area contributed by atoms with E-state index in [9.17, 15) is 0 Å². The van der Waals surface area contributed by atoms with Crippen LogP contribution in [0.5, 0.6) is 0 Å². The van der Waals surface area contributed by atoms with Crippen molar-refractivity contribution in [2.75, 3.05) is 0 Å². The molecule has 164 valence electrons. The summed E-state index contributed by atoms with van der Waals surface area (Å²) in [6.45, 7) is -6.35. The number of aromatic nitrogens is 2. The molecular weight excluding hydrogens is 404 g/mol. The maximum Gasteiger partial charge on any atom is 0.227 e. The van der Waals surface area contributed by atoms with E-state index in [1.54, 1.807) is 54.2 Å². The molecule has 6 rings (SSSR count). The van der Waals surface area contributed by atoms with Gasteiger partial charge in [0.1, 0.15) is 7.05 Å². The van der Waals surface area contributed by atoms with E-state index in [0.717, 1.165) is 5.56 Å². The predicted octanol–water partition coefficient (Wildman–Crippen LogP) is 7.18. The maximum absolute atomic E-state index is 8.98. The summed E-state index contributed by atoms with van der Waals surface area (Å²) in [5.74, 6) is 0. The molecule has 0 saturated heterocycles. The van der Waals surface area contributed by atoms with Crippen molar-refractivity contribution in [2.24, 2.45) is 7.05 Å². The number of hydrogen-bond acceptors (Lipinski definition) is 2. The van der Waals surface area contributed by atoms with Crippen LogP contribution in [0.4, 0.5) is 0 Å². The fourth-order valence-corrected chi connectivity index (χ4v) is 5.10. The fraction of sp³-hybridized carbons (Fsp3) is 0.267. The molecule has 1 aliphatic carbocycles. The van der Waals surface area contributed by atoms with Crippen molar-refractivity contribution in [1.82, 2.24) is 4.98 Å². The molecule has 3 aromatic heterocycles. The lowest BCUT2D eigenvalue weighted by Crippen LogP contribution is -2.30. The van der Waals surface area contributed by atoms with E-state index in [0.29, 0.717) is 38.7 Å². The molecule has 0 saturated carbocycles. The number of benzene rings is 2. The van der Waals surface area contributed by atoms with E-state index in [4.69, 9.17) is 24.5 Å². The van der Waals surface area contributed by atoms with Crippen LogP contribution in [0.3, 0.4) is 0 Å². The summed E-state index contributed by atoms with van der Waals surface area (Å²) in [6.07, 6.45) is -2.15. The van der Waals surface area contributed by atoms with Crippen molar-refractivity contribution in [3.05, 3.63) is 83.2 Å². The van der Waals surface area contributed by atoms with E-state index in [1.165, 1.54) is 6.07 Å². The van der Waals surface area contributed by atoms with Crippen LogP contribution >= 0.6 is 0 Å². The Labute approximate surface area is 210 Å². The normalized spacial score (nSPS) is 23.5. The lowest BCUT2D eigenvalue weighted by molar-refractivity contribution is -0.660. The van der Waals surface area contributed by atoms with Gasteiger partial charge in [-0.05, 0) is 54.9 Å². The van der Waals surface area contributed by atoms with Gasteiger partial charge in [-0.1, -0.05) is 50.1 Å². The third-order valence-corrected chi connectivity index (χ3v) is 6.81. The van der Waals surface area contributed by atoms with Gasteiger partial charge in [-0.3, -0.25) is 0 Å². The average Bonchev–Trinajstić information content (AvgIpc) is 3.39. The number of rotatable bonds is 3. The Hall–Kier alpha value is -3.46. The molecule has 33 heavy (non-hydrogen) atoms. The van der Waals surface area contributed by atoms with Gasteiger partial charge in [0, 0.05) is 49.0 Å². The molecule has 3 nitrogen and oxygen atoms in total. The second kappa shape index (κ2) is 7.02. The fourth-order valence-electron chi connectivity index (χ4n) is 5.10. The van der Waals surface area contributed by atoms with Gasteiger partial charge in [0.25, 0.3) is 0 Å². The van der Waals surface area contributed by atoms with Crippen molar-refractivity contribution in [3.63, 3.8) is 0 Å². The maximum atomic E-state index is 8.98. The lowest BCUT2D eigenvalue weighted by atomic mass is 9.76. The zero-order valence-electron chi connectivity index (χ0n) is 29.3. The lowest BCUT2D eigenvalue weighted by Gasteiger charge is -2.28. The van der Waals surface area contributed by atoms with Crippen LogP contribution in [-0.2, 0) is 12.5 Å². The van der Waals surface area contributed by atoms with Gasteiger partial charge < -0.3 is 4.42 Å². The van der Waals surface area contributed by atoms with Gasteiger partial charge in [-0.25, -0.2) is 9.55 Å². The van der Waals surface area contributed by atoms with Crippen LogP contribution in [0.25, 0.3) is 44.5 Å². The molecule has 0 N–H and O–H groups in total. The highest BCUT2D eigenvalue weighted by Crippen LogP contribution is 2.53. The first-order chi connectivity index (χ1) is 20.3. The molecule has 2 aromatic carbocycles. The number of pyridine rings is 2. The van der Waals surface area contributed by atoms with Crippen molar-refractivity contribution >= 4 is 22.1 Å². The van der Waals surface area contributed by atoms with E-state index in [1.807, 2.05) is 19.1 Å². The van der Waals surface area contributed by atoms with Gasteiger partial charge in [0.15, 0.2) is 11.8 Å². The Morgan fingerprint density at radius 1 is 1.06 bits per heavy atom. The molecule has 0 fully saturated rings. The number of hydrogen-bond donors (Lipinski definition) is 0. The molecule has 3 heteroatoms. The van der Waals surface area contributed by atoms with Gasteiger partial charge in [-0.15, -0.1) is 0 Å². The molecule has 3 heterocycles. The van der Waals surface area contributed by atoms with Gasteiger partial charge in [0.2, 0.25) is 11.4 Å². The Balaban J connectivity index is 1.71. The quantitative estimate of drug-likeness (QED) is 0.276. The van der Waals surface area contributed by atoms with Gasteiger partial charge >= 0.3 is 0 Å². The highest BCUT2D eigenvalue weighted by Gasteiger charge is 2.42. The van der Waals surface area contributed by atoms with Crippen LogP contribution in [0.1, 0.15) is 64.0 Å². The van der Waals surface area contributed by atoms with E-state index < -0.39 is 38.8 Å². The monoisotopic (exact) mass is 444 g/mol. The average molecular weight is 445 g/mol. The third-order valence-electron chi connectivity index (χ3n) is 6.81. The second-order valence-corrected chi connectivity index (χ2v) is 8.64. The van der Waals surface area contributed by atoms with Crippen LogP contribution < -0.4 is 4.57 Å². The highest BCUT2D eigenvalue weighted by molar-refractivity contribution is 6.10. The first-order valence-electron chi connectivity index (χ1n) is 16.3. The zero-order valence-corrected chi connectivity index (χ0v) is 18.3. The highest BCUT2D eigenvalue weighted by atomic mass is 16.3. The van der Waals surface area contributed by atoms with Crippen molar-refractivity contribution in [3.8, 4) is 22.4 Å². The molecule has 0 bridgehead atoms. The van der Waals surface area contributed by atoms with Crippen LogP contribution in [0.15, 0.2) is 65.2 Å². The number of fused-ring (bicyclic) bond motifs is 6. The van der Waals surface area contributed by atoms with Crippen molar-refractivity contribution in [2.45, 2.75) is 45.7 Å². The van der Waals surface area contributed by atoms with Crippen LogP contribution in [-0.4, -0.2) is 4.98 Å². The first-order valence-corrected chi connectivity index (χ1v) is 10.8. The molecule has 5 aromatic rings. The molecular formula is C30H29N2O+. The minimum Gasteiger partial charge on any atom is -0.437 e. The first kappa shape index (κ1) is 11.6. The minimum absolute atomic E-state index is 0.00395. The molecule has 1 unspecified atom stereocenters. The third kappa shape index (κ3) is 2.62. The van der Waals surface area contributed by atoms with E-state index in [2.05, 4.69) is 0 Å². The van der Waals surface area contributed by atoms with Crippen LogP contribution in [0.2, 0.25) is 0 Å². The van der Waals surface area contributed by atoms with Crippen molar-refractivity contribution < 1.29 is 24.1 Å². The summed E-state index contributed by atoms with van der Waals surface area (Å²) in [5.41, 5.74) is 1.76. The summed E-state index contributed by atoms with van der Waals surface area (Å²) in [6, 6.07) is 15.3. The predicted molar refractivity (Wildman–Crippen MR) is 134 cm³/mol. The van der Waals surface area contributed by atoms with Gasteiger partial charge in [0.05, 0.1) is 11.3 Å². The molecule has 1 aliphatic rings. The van der Waals surface area contributed by atoms with Gasteiger partial charge in [-0.2, -0.15) is 0 Å². The summed E-state index contributed by atoms with van der Waals surface area (Å²) < 4.78 is 98.9. The summed E-state index contributed by atoms with van der Waals surface area (Å²) in [4.78, 5) is 4.77. The largest absolute Gasteiger partial charge is 0.437 e. The van der Waals surface area contributed by atoms with Crippen molar-refractivity contribution in [1.29, 1.82) is 0 Å². The standard InChI is InChI=1S/C30H29N2O/c1-6-30(7-2)24-11-9-8-10-20(24)22-17-23-21-13-12-19(4)26(25-16-18(3)14-15-32(25)5)27(21)33-29(23)31-28(22)30/h8-17H,6-7H2,1-5H3/q+1/i1D3,2D3,3D3,6D2.